The van der Waals surface area contributed by atoms with Crippen LogP contribution >= 0.6 is 0 Å². The van der Waals surface area contributed by atoms with Gasteiger partial charge in [0.15, 0.2) is 0 Å². The van der Waals surface area contributed by atoms with Crippen molar-refractivity contribution in [3.63, 3.8) is 0 Å². The van der Waals surface area contributed by atoms with Crippen LogP contribution in [-0.2, 0) is 0 Å². The maximum atomic E-state index is 10.3. The van der Waals surface area contributed by atoms with Gasteiger partial charge in [-0.05, 0) is 13.0 Å². The molecule has 8 heavy (non-hydrogen) atoms. The van der Waals surface area contributed by atoms with E-state index in [2.05, 4.69) is 10.5 Å². The zero-order chi connectivity index (χ0) is 5.98. The van der Waals surface area contributed by atoms with Crippen LogP contribution < -0.4 is 5.63 Å². The van der Waals surface area contributed by atoms with E-state index in [9.17, 15) is 4.79 Å². The van der Waals surface area contributed by atoms with Gasteiger partial charge in [-0.2, -0.15) is 0 Å². The van der Waals surface area contributed by atoms with Crippen molar-refractivity contribution >= 4 is 0 Å². The summed E-state index contributed by atoms with van der Waals surface area (Å²) in [5.74, 6) is 0.525. The molecule has 1 aromatic rings. The highest BCUT2D eigenvalue weighted by Gasteiger charge is 1.83. The van der Waals surface area contributed by atoms with E-state index < -0.39 is 0 Å². The first-order valence-corrected chi connectivity index (χ1v) is 2.27. The average Bonchev–Trinajstić information content (AvgIpc) is 1.64. The van der Waals surface area contributed by atoms with Crippen LogP contribution in [0.3, 0.4) is 0 Å². The van der Waals surface area contributed by atoms with Crippen molar-refractivity contribution in [2.75, 3.05) is 0 Å². The summed E-state index contributed by atoms with van der Waals surface area (Å²) in [6.07, 6.45) is 0. The van der Waals surface area contributed by atoms with E-state index in [0.29, 0.717) is 5.76 Å². The molecule has 2 heteroatoms. The minimum Gasteiger partial charge on any atom is -0.428 e. The molecule has 2 nitrogen and oxygen atoms in total. The second kappa shape index (κ2) is 1.82. The third kappa shape index (κ3) is 0.964. The van der Waals surface area contributed by atoms with Crippen LogP contribution in [0.1, 0.15) is 5.76 Å². The maximum absolute atomic E-state index is 10.3. The summed E-state index contributed by atoms with van der Waals surface area (Å²) < 4.78 is 4.57. The first kappa shape index (κ1) is 5.09. The Labute approximate surface area is 46.8 Å². The fraction of sp³-hybridized carbons (Fsp3) is 0.167. The lowest BCUT2D eigenvalue weighted by Crippen LogP contribution is -1.94. The summed E-state index contributed by atoms with van der Waals surface area (Å²) in [6, 6.07) is 5.57. The Hall–Kier alpha value is -1.05. The Morgan fingerprint density at radius 3 is 2.88 bits per heavy atom. The van der Waals surface area contributed by atoms with Crippen LogP contribution in [0, 0.1) is 13.0 Å². The predicted molar refractivity (Wildman–Crippen MR) is 28.6 cm³/mol. The zero-order valence-electron chi connectivity index (χ0n) is 4.47. The van der Waals surface area contributed by atoms with Gasteiger partial charge in [0.25, 0.3) is 0 Å². The third-order valence-electron chi connectivity index (χ3n) is 0.760. The Bertz CT molecular complexity index is 224. The molecule has 0 aliphatic carbocycles. The van der Waals surface area contributed by atoms with Gasteiger partial charge < -0.3 is 4.42 Å². The molecule has 1 heterocycles. The van der Waals surface area contributed by atoms with Crippen molar-refractivity contribution in [1.29, 1.82) is 0 Å². The molecule has 1 rings (SSSR count). The molecule has 0 aliphatic heterocycles. The summed E-state index contributed by atoms with van der Waals surface area (Å²) >= 11 is 0. The molecular formula is C6H5O2. The van der Waals surface area contributed by atoms with Crippen molar-refractivity contribution < 1.29 is 4.42 Å². The highest BCUT2D eigenvalue weighted by atomic mass is 16.4. The molecule has 0 saturated heterocycles. The average molecular weight is 109 g/mol. The zero-order valence-corrected chi connectivity index (χ0v) is 4.47. The second-order valence-corrected chi connectivity index (χ2v) is 1.45. The lowest BCUT2D eigenvalue weighted by atomic mass is 10.4. The van der Waals surface area contributed by atoms with Crippen molar-refractivity contribution in [1.82, 2.24) is 0 Å². The van der Waals surface area contributed by atoms with E-state index in [1.165, 1.54) is 6.07 Å². The minimum atomic E-state index is -0.318. The predicted octanol–water partition coefficient (Wildman–Crippen LogP) is 0.748. The van der Waals surface area contributed by atoms with Crippen molar-refractivity contribution in [3.8, 4) is 0 Å². The lowest BCUT2D eigenvalue weighted by Gasteiger charge is -1.82. The summed E-state index contributed by atoms with van der Waals surface area (Å²) in [4.78, 5) is 10.3. The van der Waals surface area contributed by atoms with E-state index in [4.69, 9.17) is 0 Å². The molecule has 0 aliphatic rings. The van der Waals surface area contributed by atoms with Crippen LogP contribution in [0.5, 0.6) is 0 Å². The van der Waals surface area contributed by atoms with E-state index >= 15 is 0 Å². The fourth-order valence-electron chi connectivity index (χ4n) is 0.441. The largest absolute Gasteiger partial charge is 0.428 e. The number of rotatable bonds is 0. The van der Waals surface area contributed by atoms with Crippen LogP contribution in [0.2, 0.25) is 0 Å². The van der Waals surface area contributed by atoms with Crippen LogP contribution in [0.4, 0.5) is 0 Å². The molecule has 0 unspecified atom stereocenters. The lowest BCUT2D eigenvalue weighted by molar-refractivity contribution is 0.479. The third-order valence-corrected chi connectivity index (χ3v) is 0.760. The fourth-order valence-corrected chi connectivity index (χ4v) is 0.441. The highest BCUT2D eigenvalue weighted by Crippen LogP contribution is 1.85. The van der Waals surface area contributed by atoms with Gasteiger partial charge in [0.05, 0.1) is 0 Å². The van der Waals surface area contributed by atoms with Gasteiger partial charge in [-0.1, -0.05) is 0 Å². The van der Waals surface area contributed by atoms with Crippen LogP contribution in [0.25, 0.3) is 0 Å². The molecule has 0 N–H and O–H groups in total. The molecule has 0 saturated carbocycles. The number of aryl methyl sites for hydroxylation is 1. The van der Waals surface area contributed by atoms with Gasteiger partial charge >= 0.3 is 5.63 Å². The molecule has 0 bridgehead atoms. The van der Waals surface area contributed by atoms with Gasteiger partial charge in [-0.25, -0.2) is 4.79 Å². The topological polar surface area (TPSA) is 30.2 Å². The van der Waals surface area contributed by atoms with Gasteiger partial charge in [-0.3, -0.25) is 0 Å². The molecule has 1 aromatic heterocycles. The van der Waals surface area contributed by atoms with E-state index in [1.54, 1.807) is 13.0 Å². The van der Waals surface area contributed by atoms with Crippen molar-refractivity contribution in [2.45, 2.75) is 6.92 Å². The van der Waals surface area contributed by atoms with E-state index in [-0.39, 0.29) is 5.63 Å². The SMILES string of the molecule is Cc1[c]ccc(=O)o1. The molecule has 0 atom stereocenters. The Morgan fingerprint density at radius 2 is 2.50 bits per heavy atom. The van der Waals surface area contributed by atoms with Gasteiger partial charge in [0, 0.05) is 12.1 Å². The van der Waals surface area contributed by atoms with Gasteiger partial charge in [-0.15, -0.1) is 0 Å². The molecule has 0 aromatic carbocycles. The maximum Gasteiger partial charge on any atom is 0.335 e. The molecule has 0 fully saturated rings. The smallest absolute Gasteiger partial charge is 0.335 e. The first-order valence-electron chi connectivity index (χ1n) is 2.27. The Balaban J connectivity index is 3.28. The molecule has 0 spiro atoms. The Kier molecular flexibility index (Phi) is 1.16. The monoisotopic (exact) mass is 109 g/mol. The van der Waals surface area contributed by atoms with Gasteiger partial charge in [0.2, 0.25) is 0 Å². The Morgan fingerprint density at radius 1 is 1.75 bits per heavy atom. The number of hydrogen-bond acceptors (Lipinski definition) is 2. The molecule has 41 valence electrons. The normalized spacial score (nSPS) is 9.12. The summed E-state index contributed by atoms with van der Waals surface area (Å²) in [7, 11) is 0. The van der Waals surface area contributed by atoms with Crippen LogP contribution in [-0.4, -0.2) is 0 Å². The minimum absolute atomic E-state index is 0.318. The van der Waals surface area contributed by atoms with Crippen molar-refractivity contribution in [2.24, 2.45) is 0 Å². The summed E-state index contributed by atoms with van der Waals surface area (Å²) in [5.41, 5.74) is -0.318. The standard InChI is InChI=1S/C6H5O2/c1-5-3-2-4-6(7)8-5/h2,4H,1H3. The van der Waals surface area contributed by atoms with Gasteiger partial charge in [0.1, 0.15) is 5.76 Å². The van der Waals surface area contributed by atoms with E-state index in [1.807, 2.05) is 0 Å². The summed E-state index contributed by atoms with van der Waals surface area (Å²) in [5, 5.41) is 0. The highest BCUT2D eigenvalue weighted by molar-refractivity contribution is 4.93. The van der Waals surface area contributed by atoms with E-state index in [0.717, 1.165) is 0 Å². The van der Waals surface area contributed by atoms with Crippen LogP contribution in [0.15, 0.2) is 21.3 Å². The quantitative estimate of drug-likeness (QED) is 0.492. The molecular weight excluding hydrogens is 104 g/mol. The van der Waals surface area contributed by atoms with Crippen molar-refractivity contribution in [3.05, 3.63) is 34.4 Å². The first-order chi connectivity index (χ1) is 3.79. The second-order valence-electron chi connectivity index (χ2n) is 1.45. The molecule has 0 amide bonds. The summed E-state index contributed by atoms with van der Waals surface area (Å²) in [6.45, 7) is 1.68. The molecule has 1 radical (unpaired) electrons. The number of hydrogen-bond donors (Lipinski definition) is 0.